The zero-order valence-electron chi connectivity index (χ0n) is 13.8. The van der Waals surface area contributed by atoms with Crippen molar-refractivity contribution in [1.29, 1.82) is 0 Å². The highest BCUT2D eigenvalue weighted by Gasteiger charge is 2.48. The van der Waals surface area contributed by atoms with Gasteiger partial charge in [-0.25, -0.2) is 13.6 Å². The number of aryl methyl sites for hydroxylation is 1. The molecule has 0 spiro atoms. The van der Waals surface area contributed by atoms with Crippen molar-refractivity contribution < 1.29 is 26.4 Å². The van der Waals surface area contributed by atoms with Crippen LogP contribution in [0.25, 0.3) is 0 Å². The lowest BCUT2D eigenvalue weighted by Gasteiger charge is -2.32. The topological polar surface area (TPSA) is 89.3 Å². The third-order valence-corrected chi connectivity index (χ3v) is 5.54. The number of anilines is 1. The summed E-state index contributed by atoms with van der Waals surface area (Å²) < 4.78 is 62.7. The summed E-state index contributed by atoms with van der Waals surface area (Å²) in [5.74, 6) is -3.59. The first-order valence-electron chi connectivity index (χ1n) is 8.07. The van der Waals surface area contributed by atoms with Crippen LogP contribution in [0.5, 0.6) is 0 Å². The number of nitrogens with one attached hydrogen (secondary N) is 1. The van der Waals surface area contributed by atoms with E-state index in [9.17, 15) is 26.4 Å². The number of carbonyl (C=O) groups excluding carboxylic acids is 1. The number of halogens is 3. The second-order valence-corrected chi connectivity index (χ2v) is 7.78. The molecule has 1 amide bonds. The summed E-state index contributed by atoms with van der Waals surface area (Å²) in [7, 11) is -3.99. The maximum atomic E-state index is 13.1. The van der Waals surface area contributed by atoms with Crippen molar-refractivity contribution in [3.8, 4) is 0 Å². The molecule has 1 saturated carbocycles. The van der Waals surface area contributed by atoms with Gasteiger partial charge in [-0.2, -0.15) is 13.2 Å². The second kappa shape index (κ2) is 7.33. The van der Waals surface area contributed by atoms with Crippen LogP contribution in [0, 0.1) is 11.8 Å². The van der Waals surface area contributed by atoms with E-state index >= 15 is 0 Å². The standard InChI is InChI=1S/C16H21F3N2O3S/c1-2-10-7-8-11(9-14(10)25(20,23)24)21-15(22)12-5-3-4-6-13(12)16(17,18)19/h7-9,12-13H,2-6H2,1H3,(H,21,22)(H2,20,23,24). The van der Waals surface area contributed by atoms with Crippen LogP contribution in [0.1, 0.15) is 38.2 Å². The molecule has 25 heavy (non-hydrogen) atoms. The van der Waals surface area contributed by atoms with Gasteiger partial charge in [0.05, 0.1) is 10.8 Å². The van der Waals surface area contributed by atoms with Gasteiger partial charge in [-0.1, -0.05) is 25.8 Å². The first-order valence-corrected chi connectivity index (χ1v) is 9.62. The van der Waals surface area contributed by atoms with Crippen molar-refractivity contribution in [3.05, 3.63) is 23.8 Å². The van der Waals surface area contributed by atoms with E-state index in [1.165, 1.54) is 18.2 Å². The Kier molecular flexibility index (Phi) is 5.78. The fourth-order valence-electron chi connectivity index (χ4n) is 3.26. The smallest absolute Gasteiger partial charge is 0.326 e. The Balaban J connectivity index is 2.25. The van der Waals surface area contributed by atoms with Crippen molar-refractivity contribution in [3.63, 3.8) is 0 Å². The average molecular weight is 378 g/mol. The molecular weight excluding hydrogens is 357 g/mol. The molecule has 0 aromatic heterocycles. The van der Waals surface area contributed by atoms with Crippen molar-refractivity contribution in [2.75, 3.05) is 5.32 Å². The van der Waals surface area contributed by atoms with E-state index in [1.807, 2.05) is 0 Å². The predicted molar refractivity (Wildman–Crippen MR) is 87.3 cm³/mol. The van der Waals surface area contributed by atoms with Gasteiger partial charge in [-0.15, -0.1) is 0 Å². The fraction of sp³-hybridized carbons (Fsp3) is 0.562. The summed E-state index contributed by atoms with van der Waals surface area (Å²) >= 11 is 0. The minimum Gasteiger partial charge on any atom is -0.326 e. The highest BCUT2D eigenvalue weighted by atomic mass is 32.2. The third-order valence-electron chi connectivity index (χ3n) is 4.55. The van der Waals surface area contributed by atoms with Crippen LogP contribution in [-0.2, 0) is 21.2 Å². The van der Waals surface area contributed by atoms with Crippen molar-refractivity contribution in [2.24, 2.45) is 17.0 Å². The van der Waals surface area contributed by atoms with E-state index in [0.29, 0.717) is 24.8 Å². The number of primary sulfonamides is 1. The van der Waals surface area contributed by atoms with E-state index in [4.69, 9.17) is 5.14 Å². The van der Waals surface area contributed by atoms with Crippen molar-refractivity contribution in [2.45, 2.75) is 50.1 Å². The summed E-state index contributed by atoms with van der Waals surface area (Å²) in [4.78, 5) is 12.2. The molecule has 1 aromatic rings. The maximum absolute atomic E-state index is 13.1. The molecule has 2 unspecified atom stereocenters. The van der Waals surface area contributed by atoms with E-state index in [0.717, 1.165) is 0 Å². The molecule has 0 saturated heterocycles. The number of nitrogens with two attached hydrogens (primary N) is 1. The molecule has 2 rings (SSSR count). The number of benzene rings is 1. The number of carbonyl (C=O) groups is 1. The monoisotopic (exact) mass is 378 g/mol. The molecular formula is C16H21F3N2O3S. The number of sulfonamides is 1. The molecule has 9 heteroatoms. The largest absolute Gasteiger partial charge is 0.392 e. The van der Waals surface area contributed by atoms with E-state index in [2.05, 4.69) is 5.32 Å². The zero-order valence-corrected chi connectivity index (χ0v) is 14.6. The molecule has 3 N–H and O–H groups in total. The third kappa shape index (κ3) is 4.72. The van der Waals surface area contributed by atoms with Crippen molar-refractivity contribution >= 4 is 21.6 Å². The van der Waals surface area contributed by atoms with Crippen LogP contribution in [0.4, 0.5) is 18.9 Å². The van der Waals surface area contributed by atoms with Gasteiger partial charge in [-0.3, -0.25) is 4.79 Å². The Morgan fingerprint density at radius 1 is 1.28 bits per heavy atom. The second-order valence-electron chi connectivity index (χ2n) is 6.25. The molecule has 0 heterocycles. The lowest BCUT2D eigenvalue weighted by atomic mass is 9.78. The highest BCUT2D eigenvalue weighted by Crippen LogP contribution is 2.42. The van der Waals surface area contributed by atoms with Crippen LogP contribution in [0.3, 0.4) is 0 Å². The maximum Gasteiger partial charge on any atom is 0.392 e. The van der Waals surface area contributed by atoms with Gasteiger partial charge in [0.1, 0.15) is 0 Å². The number of alkyl halides is 3. The SMILES string of the molecule is CCc1ccc(NC(=O)C2CCCCC2C(F)(F)F)cc1S(N)(=O)=O. The molecule has 1 aliphatic carbocycles. The molecule has 1 aromatic carbocycles. The number of hydrogen-bond acceptors (Lipinski definition) is 3. The molecule has 1 fully saturated rings. The van der Waals surface area contributed by atoms with E-state index in [-0.39, 0.29) is 23.4 Å². The first kappa shape index (κ1) is 19.7. The fourth-order valence-corrected chi connectivity index (χ4v) is 4.13. The summed E-state index contributed by atoms with van der Waals surface area (Å²) in [5.41, 5.74) is 0.601. The molecule has 0 radical (unpaired) electrons. The summed E-state index contributed by atoms with van der Waals surface area (Å²) in [6.07, 6.45) is -2.93. The molecule has 140 valence electrons. The molecule has 0 aliphatic heterocycles. The zero-order chi connectivity index (χ0) is 18.8. The lowest BCUT2D eigenvalue weighted by Crippen LogP contribution is -2.39. The Morgan fingerprint density at radius 3 is 2.48 bits per heavy atom. The van der Waals surface area contributed by atoms with Crippen LogP contribution in [-0.4, -0.2) is 20.5 Å². The lowest BCUT2D eigenvalue weighted by molar-refractivity contribution is -0.197. The van der Waals surface area contributed by atoms with E-state index < -0.39 is 33.9 Å². The van der Waals surface area contributed by atoms with Gasteiger partial charge in [0.25, 0.3) is 0 Å². The van der Waals surface area contributed by atoms with Crippen molar-refractivity contribution in [1.82, 2.24) is 0 Å². The average Bonchev–Trinajstić information content (AvgIpc) is 2.53. The predicted octanol–water partition coefficient (Wildman–Crippen LogP) is 3.20. The van der Waals surface area contributed by atoms with Crippen LogP contribution in [0.2, 0.25) is 0 Å². The molecule has 5 nitrogen and oxygen atoms in total. The quantitative estimate of drug-likeness (QED) is 0.843. The Morgan fingerprint density at radius 2 is 1.92 bits per heavy atom. The Bertz CT molecular complexity index is 747. The van der Waals surface area contributed by atoms with E-state index in [1.54, 1.807) is 6.92 Å². The van der Waals surface area contributed by atoms with Crippen LogP contribution in [0.15, 0.2) is 23.1 Å². The van der Waals surface area contributed by atoms with Gasteiger partial charge in [-0.05, 0) is 37.0 Å². The van der Waals surface area contributed by atoms with Gasteiger partial charge in [0, 0.05) is 11.6 Å². The number of hydrogen-bond donors (Lipinski definition) is 2. The molecule has 2 atom stereocenters. The molecule has 1 aliphatic rings. The van der Waals surface area contributed by atoms with Crippen LogP contribution >= 0.6 is 0 Å². The van der Waals surface area contributed by atoms with Gasteiger partial charge < -0.3 is 5.32 Å². The number of amides is 1. The minimum atomic E-state index is -4.43. The minimum absolute atomic E-state index is 0.0706. The Labute approximate surface area is 144 Å². The highest BCUT2D eigenvalue weighted by molar-refractivity contribution is 7.89. The first-order chi connectivity index (χ1) is 11.5. The van der Waals surface area contributed by atoms with Gasteiger partial charge in [0.15, 0.2) is 0 Å². The summed E-state index contributed by atoms with van der Waals surface area (Å²) in [6.45, 7) is 1.75. The summed E-state index contributed by atoms with van der Waals surface area (Å²) in [5, 5.41) is 7.58. The number of rotatable bonds is 4. The summed E-state index contributed by atoms with van der Waals surface area (Å²) in [6, 6.07) is 4.16. The van der Waals surface area contributed by atoms with Crippen LogP contribution < -0.4 is 10.5 Å². The van der Waals surface area contributed by atoms with Gasteiger partial charge in [0.2, 0.25) is 15.9 Å². The normalized spacial score (nSPS) is 21.8. The molecule has 0 bridgehead atoms. The Hall–Kier alpha value is -1.61. The van der Waals surface area contributed by atoms with Gasteiger partial charge >= 0.3 is 6.18 Å².